The lowest BCUT2D eigenvalue weighted by Crippen LogP contribution is -2.52. The van der Waals surface area contributed by atoms with Crippen molar-refractivity contribution in [1.82, 2.24) is 5.32 Å². The van der Waals surface area contributed by atoms with Crippen molar-refractivity contribution in [3.8, 4) is 6.07 Å². The van der Waals surface area contributed by atoms with Gasteiger partial charge < -0.3 is 0 Å². The molecule has 1 unspecified atom stereocenters. The molecule has 1 heterocycles. The maximum atomic E-state index is 9.29. The van der Waals surface area contributed by atoms with Crippen LogP contribution in [0.3, 0.4) is 0 Å². The number of hydrogen-bond donors (Lipinski definition) is 1. The summed E-state index contributed by atoms with van der Waals surface area (Å²) in [5.41, 5.74) is -0.144. The van der Waals surface area contributed by atoms with Gasteiger partial charge in [-0.25, -0.2) is 0 Å². The average molecular weight is 178 g/mol. The molecule has 72 valence electrons. The van der Waals surface area contributed by atoms with Gasteiger partial charge in [0.1, 0.15) is 5.54 Å². The first-order valence-electron chi connectivity index (χ1n) is 5.54. The molecule has 2 nitrogen and oxygen atoms in total. The highest BCUT2D eigenvalue weighted by Crippen LogP contribution is 2.38. The highest BCUT2D eigenvalue weighted by Gasteiger charge is 2.40. The minimum atomic E-state index is -0.144. The van der Waals surface area contributed by atoms with Crippen molar-refractivity contribution in [2.24, 2.45) is 5.92 Å². The predicted octanol–water partition coefficient (Wildman–Crippen LogP) is 2.21. The van der Waals surface area contributed by atoms with Crippen LogP contribution in [-0.4, -0.2) is 12.1 Å². The Balaban J connectivity index is 2.08. The zero-order valence-corrected chi connectivity index (χ0v) is 8.18. The normalized spacial score (nSPS) is 35.9. The third kappa shape index (κ3) is 1.58. The van der Waals surface area contributed by atoms with Gasteiger partial charge in [0.25, 0.3) is 0 Å². The molecule has 1 saturated carbocycles. The summed E-state index contributed by atoms with van der Waals surface area (Å²) in [6, 6.07) is 2.55. The first-order chi connectivity index (χ1) is 6.37. The van der Waals surface area contributed by atoms with Gasteiger partial charge in [-0.05, 0) is 44.6 Å². The van der Waals surface area contributed by atoms with Crippen molar-refractivity contribution in [3.05, 3.63) is 0 Å². The molecule has 1 N–H and O–H groups in total. The van der Waals surface area contributed by atoms with Crippen LogP contribution < -0.4 is 5.32 Å². The summed E-state index contributed by atoms with van der Waals surface area (Å²) < 4.78 is 0. The summed E-state index contributed by atoms with van der Waals surface area (Å²) >= 11 is 0. The second kappa shape index (κ2) is 3.67. The predicted molar refractivity (Wildman–Crippen MR) is 52.2 cm³/mol. The van der Waals surface area contributed by atoms with E-state index in [4.69, 9.17) is 0 Å². The molecule has 1 aliphatic heterocycles. The van der Waals surface area contributed by atoms with Crippen LogP contribution in [0, 0.1) is 17.2 Å². The molecular weight excluding hydrogens is 160 g/mol. The van der Waals surface area contributed by atoms with Crippen molar-refractivity contribution >= 4 is 0 Å². The number of nitrogens with zero attached hydrogens (tertiary/aromatic N) is 1. The van der Waals surface area contributed by atoms with Crippen molar-refractivity contribution in [2.45, 2.75) is 50.5 Å². The summed E-state index contributed by atoms with van der Waals surface area (Å²) in [6.07, 6.45) is 8.74. The van der Waals surface area contributed by atoms with Gasteiger partial charge in [-0.3, -0.25) is 5.32 Å². The summed E-state index contributed by atoms with van der Waals surface area (Å²) in [6.45, 7) is 1.05. The standard InChI is InChI=1S/C11H18N2/c12-9-11(7-3-4-8-13-11)10-5-1-2-6-10/h10,13H,1-8H2. The van der Waals surface area contributed by atoms with Crippen molar-refractivity contribution in [3.63, 3.8) is 0 Å². The molecule has 0 radical (unpaired) electrons. The molecule has 2 heteroatoms. The first-order valence-corrected chi connectivity index (χ1v) is 5.54. The smallest absolute Gasteiger partial charge is 0.109 e. The fourth-order valence-corrected chi connectivity index (χ4v) is 2.88. The Kier molecular flexibility index (Phi) is 2.55. The zero-order chi connectivity index (χ0) is 9.15. The first kappa shape index (κ1) is 9.02. The summed E-state index contributed by atoms with van der Waals surface area (Å²) in [5, 5.41) is 12.8. The van der Waals surface area contributed by atoms with E-state index in [9.17, 15) is 5.26 Å². The zero-order valence-electron chi connectivity index (χ0n) is 8.18. The average Bonchev–Trinajstić information content (AvgIpc) is 2.72. The maximum absolute atomic E-state index is 9.29. The van der Waals surface area contributed by atoms with Crippen LogP contribution in [0.4, 0.5) is 0 Å². The molecule has 1 atom stereocenters. The van der Waals surface area contributed by atoms with Gasteiger partial charge >= 0.3 is 0 Å². The van der Waals surface area contributed by atoms with Gasteiger partial charge in [0.05, 0.1) is 6.07 Å². The second-order valence-corrected chi connectivity index (χ2v) is 4.45. The molecule has 2 fully saturated rings. The molecule has 0 aromatic rings. The van der Waals surface area contributed by atoms with Gasteiger partial charge in [-0.2, -0.15) is 5.26 Å². The number of nitriles is 1. The molecule has 2 aliphatic rings. The lowest BCUT2D eigenvalue weighted by Gasteiger charge is -2.37. The monoisotopic (exact) mass is 178 g/mol. The summed E-state index contributed by atoms with van der Waals surface area (Å²) in [4.78, 5) is 0. The van der Waals surface area contributed by atoms with Gasteiger partial charge in [0, 0.05) is 0 Å². The van der Waals surface area contributed by atoms with E-state index in [1.807, 2.05) is 0 Å². The van der Waals surface area contributed by atoms with E-state index in [2.05, 4.69) is 11.4 Å². The quantitative estimate of drug-likeness (QED) is 0.668. The van der Waals surface area contributed by atoms with Gasteiger partial charge in [-0.15, -0.1) is 0 Å². The van der Waals surface area contributed by atoms with E-state index in [1.54, 1.807) is 0 Å². The lowest BCUT2D eigenvalue weighted by molar-refractivity contribution is 0.225. The van der Waals surface area contributed by atoms with Crippen LogP contribution in [0.5, 0.6) is 0 Å². The van der Waals surface area contributed by atoms with Crippen LogP contribution in [-0.2, 0) is 0 Å². The van der Waals surface area contributed by atoms with Crippen LogP contribution in [0.2, 0.25) is 0 Å². The Labute approximate surface area is 80.3 Å². The fourth-order valence-electron chi connectivity index (χ4n) is 2.88. The van der Waals surface area contributed by atoms with E-state index in [-0.39, 0.29) is 5.54 Å². The Bertz CT molecular complexity index is 205. The molecule has 2 rings (SSSR count). The molecule has 0 bridgehead atoms. The topological polar surface area (TPSA) is 35.8 Å². The molecule has 0 spiro atoms. The summed E-state index contributed by atoms with van der Waals surface area (Å²) in [5.74, 6) is 0.637. The van der Waals surface area contributed by atoms with Gasteiger partial charge in [0.15, 0.2) is 0 Å². The molecule has 0 aromatic heterocycles. The van der Waals surface area contributed by atoms with E-state index in [0.29, 0.717) is 5.92 Å². The summed E-state index contributed by atoms with van der Waals surface area (Å²) in [7, 11) is 0. The largest absolute Gasteiger partial charge is 0.299 e. The molecule has 0 aromatic carbocycles. The van der Waals surface area contributed by atoms with E-state index >= 15 is 0 Å². The highest BCUT2D eigenvalue weighted by atomic mass is 15.0. The van der Waals surface area contributed by atoms with Crippen LogP contribution >= 0.6 is 0 Å². The molecule has 13 heavy (non-hydrogen) atoms. The number of rotatable bonds is 1. The Morgan fingerprint density at radius 2 is 1.92 bits per heavy atom. The number of piperidine rings is 1. The number of nitrogens with one attached hydrogen (secondary N) is 1. The minimum Gasteiger partial charge on any atom is -0.299 e. The molecule has 0 amide bonds. The Morgan fingerprint density at radius 3 is 2.46 bits per heavy atom. The van der Waals surface area contributed by atoms with Crippen LogP contribution in [0.25, 0.3) is 0 Å². The highest BCUT2D eigenvalue weighted by molar-refractivity contribution is 5.13. The van der Waals surface area contributed by atoms with Gasteiger partial charge in [0.2, 0.25) is 0 Å². The Morgan fingerprint density at radius 1 is 1.15 bits per heavy atom. The molecular formula is C11H18N2. The molecule has 1 saturated heterocycles. The Hall–Kier alpha value is -0.550. The fraction of sp³-hybridized carbons (Fsp3) is 0.909. The third-order valence-corrected chi connectivity index (χ3v) is 3.69. The minimum absolute atomic E-state index is 0.144. The second-order valence-electron chi connectivity index (χ2n) is 4.45. The van der Waals surface area contributed by atoms with Crippen molar-refractivity contribution in [1.29, 1.82) is 5.26 Å². The molecule has 1 aliphatic carbocycles. The van der Waals surface area contributed by atoms with E-state index in [0.717, 1.165) is 13.0 Å². The lowest BCUT2D eigenvalue weighted by atomic mass is 9.78. The SMILES string of the molecule is N#CC1(C2CCCC2)CCCCN1. The third-order valence-electron chi connectivity index (χ3n) is 3.69. The van der Waals surface area contributed by atoms with Crippen LogP contribution in [0.15, 0.2) is 0 Å². The van der Waals surface area contributed by atoms with Crippen molar-refractivity contribution in [2.75, 3.05) is 6.54 Å². The van der Waals surface area contributed by atoms with Gasteiger partial charge in [-0.1, -0.05) is 12.8 Å². The van der Waals surface area contributed by atoms with E-state index < -0.39 is 0 Å². The van der Waals surface area contributed by atoms with Crippen molar-refractivity contribution < 1.29 is 0 Å². The maximum Gasteiger partial charge on any atom is 0.109 e. The van der Waals surface area contributed by atoms with E-state index in [1.165, 1.54) is 38.5 Å². The number of hydrogen-bond acceptors (Lipinski definition) is 2. The van der Waals surface area contributed by atoms with Crippen LogP contribution in [0.1, 0.15) is 44.9 Å².